The minimum Gasteiger partial charge on any atom is -0.341 e. The molecule has 11 heteroatoms. The van der Waals surface area contributed by atoms with Crippen molar-refractivity contribution in [3.05, 3.63) is 71.6 Å². The standard InChI is InChI=1S/C28H26FN7O3/c29-21-11-18-17(23-24(27(38)33-26(23)37)20-13-32-22-3-1-2-8-35(20)22)5-4-15-12-31-19(14-36(21)25(15)18)28(39)34-9-6-16(30)7-10-34/h1-5,8,11,13,16,19,31H,6-7,9-10,12,14,30H2,(H,33,37,38). The molecule has 3 amide bonds. The Hall–Kier alpha value is -4.35. The third-order valence-electron chi connectivity index (χ3n) is 8.02. The van der Waals surface area contributed by atoms with E-state index in [-0.39, 0.29) is 29.6 Å². The molecule has 1 aromatic carbocycles. The van der Waals surface area contributed by atoms with Gasteiger partial charge in [0, 0.05) is 49.9 Å². The molecule has 10 nitrogen and oxygen atoms in total. The number of hydrogen-bond donors (Lipinski definition) is 3. The van der Waals surface area contributed by atoms with Gasteiger partial charge in [-0.15, -0.1) is 0 Å². The van der Waals surface area contributed by atoms with Crippen molar-refractivity contribution in [3.63, 3.8) is 0 Å². The third kappa shape index (κ3) is 3.68. The van der Waals surface area contributed by atoms with Gasteiger partial charge in [-0.25, -0.2) is 4.98 Å². The summed E-state index contributed by atoms with van der Waals surface area (Å²) in [6, 6.07) is 9.90. The predicted molar refractivity (Wildman–Crippen MR) is 141 cm³/mol. The molecule has 3 aliphatic heterocycles. The van der Waals surface area contributed by atoms with E-state index >= 15 is 4.39 Å². The van der Waals surface area contributed by atoms with Crippen molar-refractivity contribution >= 4 is 45.4 Å². The Morgan fingerprint density at radius 2 is 1.87 bits per heavy atom. The van der Waals surface area contributed by atoms with Gasteiger partial charge in [0.2, 0.25) is 5.91 Å². The van der Waals surface area contributed by atoms with Crippen LogP contribution in [0.5, 0.6) is 0 Å². The molecular formula is C28H26FN7O3. The van der Waals surface area contributed by atoms with Crippen LogP contribution >= 0.6 is 0 Å². The second-order valence-electron chi connectivity index (χ2n) is 10.3. The van der Waals surface area contributed by atoms with E-state index in [2.05, 4.69) is 15.6 Å². The predicted octanol–water partition coefficient (Wildman–Crippen LogP) is 1.42. The first-order valence-corrected chi connectivity index (χ1v) is 13.0. The summed E-state index contributed by atoms with van der Waals surface area (Å²) >= 11 is 0. The monoisotopic (exact) mass is 527 g/mol. The maximum Gasteiger partial charge on any atom is 0.261 e. The highest BCUT2D eigenvalue weighted by Crippen LogP contribution is 2.38. The highest BCUT2D eigenvalue weighted by atomic mass is 19.1. The molecule has 6 heterocycles. The molecule has 0 bridgehead atoms. The van der Waals surface area contributed by atoms with Gasteiger partial charge in [0.15, 0.2) is 5.95 Å². The molecule has 0 radical (unpaired) electrons. The van der Waals surface area contributed by atoms with Crippen molar-refractivity contribution in [1.82, 2.24) is 29.5 Å². The maximum absolute atomic E-state index is 15.5. The van der Waals surface area contributed by atoms with E-state index in [1.165, 1.54) is 10.6 Å². The van der Waals surface area contributed by atoms with Crippen LogP contribution in [0.2, 0.25) is 0 Å². The minimum atomic E-state index is -0.607. The van der Waals surface area contributed by atoms with Crippen LogP contribution in [-0.2, 0) is 27.5 Å². The number of nitrogens with zero attached hydrogens (tertiary/aromatic N) is 4. The van der Waals surface area contributed by atoms with Gasteiger partial charge >= 0.3 is 0 Å². The molecule has 1 saturated heterocycles. The second kappa shape index (κ2) is 8.85. The number of nitrogens with two attached hydrogens (primary N) is 1. The summed E-state index contributed by atoms with van der Waals surface area (Å²) in [6.45, 7) is 1.64. The number of imide groups is 1. The molecule has 1 unspecified atom stereocenters. The van der Waals surface area contributed by atoms with E-state index < -0.39 is 23.8 Å². The summed E-state index contributed by atoms with van der Waals surface area (Å²) in [6.07, 6.45) is 4.82. The Morgan fingerprint density at radius 3 is 2.69 bits per heavy atom. The van der Waals surface area contributed by atoms with Crippen LogP contribution in [0.15, 0.2) is 48.8 Å². The second-order valence-corrected chi connectivity index (χ2v) is 10.3. The fourth-order valence-electron chi connectivity index (χ4n) is 6.02. The van der Waals surface area contributed by atoms with Crippen molar-refractivity contribution in [2.24, 2.45) is 5.73 Å². The SMILES string of the molecule is NC1CCN(C(=O)C2Cn3c(F)cc4c(C5=C(c6cnc7ccccn67)C(=O)NC5=O)ccc(c43)CN2)CC1. The van der Waals surface area contributed by atoms with Gasteiger partial charge in [0.25, 0.3) is 11.8 Å². The Balaban J connectivity index is 1.34. The Bertz CT molecular complexity index is 1730. The van der Waals surface area contributed by atoms with E-state index in [4.69, 9.17) is 5.73 Å². The number of rotatable bonds is 3. The number of nitrogens with one attached hydrogen (secondary N) is 2. The zero-order valence-electron chi connectivity index (χ0n) is 21.0. The fraction of sp³-hybridized carbons (Fsp3) is 0.286. The Morgan fingerprint density at radius 1 is 1.08 bits per heavy atom. The number of benzene rings is 1. The van der Waals surface area contributed by atoms with Crippen molar-refractivity contribution in [1.29, 1.82) is 0 Å². The minimum absolute atomic E-state index is 0.0745. The topological polar surface area (TPSA) is 127 Å². The lowest BCUT2D eigenvalue weighted by atomic mass is 9.95. The lowest BCUT2D eigenvalue weighted by Crippen LogP contribution is -2.51. The number of imidazole rings is 1. The van der Waals surface area contributed by atoms with E-state index in [1.54, 1.807) is 33.8 Å². The smallest absolute Gasteiger partial charge is 0.261 e. The molecular weight excluding hydrogens is 501 g/mol. The number of fused-ring (bicyclic) bond motifs is 1. The van der Waals surface area contributed by atoms with Crippen LogP contribution in [0.3, 0.4) is 0 Å². The highest BCUT2D eigenvalue weighted by molar-refractivity contribution is 6.49. The summed E-state index contributed by atoms with van der Waals surface area (Å²) in [7, 11) is 0. The van der Waals surface area contributed by atoms with E-state index in [0.29, 0.717) is 47.4 Å². The first kappa shape index (κ1) is 23.7. The summed E-state index contributed by atoms with van der Waals surface area (Å²) < 4.78 is 18.8. The molecule has 3 aromatic heterocycles. The Kier molecular flexibility index (Phi) is 5.39. The molecule has 1 fully saturated rings. The average Bonchev–Trinajstić information content (AvgIpc) is 3.53. The molecule has 0 aliphatic carbocycles. The molecule has 4 N–H and O–H groups in total. The van der Waals surface area contributed by atoms with Crippen LogP contribution in [0, 0.1) is 5.95 Å². The van der Waals surface area contributed by atoms with E-state index in [9.17, 15) is 14.4 Å². The van der Waals surface area contributed by atoms with E-state index in [0.717, 1.165) is 18.4 Å². The molecule has 3 aliphatic rings. The van der Waals surface area contributed by atoms with Crippen LogP contribution in [0.1, 0.15) is 29.7 Å². The van der Waals surface area contributed by atoms with Crippen LogP contribution in [0.4, 0.5) is 4.39 Å². The van der Waals surface area contributed by atoms with E-state index in [1.807, 2.05) is 18.2 Å². The largest absolute Gasteiger partial charge is 0.341 e. The first-order valence-electron chi connectivity index (χ1n) is 13.0. The number of amides is 3. The lowest BCUT2D eigenvalue weighted by Gasteiger charge is -2.33. The van der Waals surface area contributed by atoms with Crippen LogP contribution < -0.4 is 16.4 Å². The number of piperidine rings is 1. The Labute approximate surface area is 222 Å². The number of halogens is 1. The molecule has 198 valence electrons. The number of carbonyl (C=O) groups is 3. The summed E-state index contributed by atoms with van der Waals surface area (Å²) in [4.78, 5) is 45.7. The normalized spacial score (nSPS) is 20.3. The van der Waals surface area contributed by atoms with Crippen molar-refractivity contribution in [3.8, 4) is 0 Å². The number of carbonyl (C=O) groups excluding carboxylic acids is 3. The quantitative estimate of drug-likeness (QED) is 0.346. The summed E-state index contributed by atoms with van der Waals surface area (Å²) in [5.74, 6) is -1.67. The summed E-state index contributed by atoms with van der Waals surface area (Å²) in [5.41, 5.74) is 9.31. The zero-order chi connectivity index (χ0) is 26.8. The van der Waals surface area contributed by atoms with Gasteiger partial charge in [-0.2, -0.15) is 4.39 Å². The van der Waals surface area contributed by atoms with Crippen LogP contribution in [0.25, 0.3) is 27.7 Å². The molecule has 0 spiro atoms. The number of hydrogen-bond acceptors (Lipinski definition) is 6. The van der Waals surface area contributed by atoms with Crippen LogP contribution in [-0.4, -0.2) is 61.7 Å². The van der Waals surface area contributed by atoms with Crippen molar-refractivity contribution < 1.29 is 18.8 Å². The van der Waals surface area contributed by atoms with Crippen molar-refractivity contribution in [2.75, 3.05) is 13.1 Å². The molecule has 4 aromatic rings. The number of aromatic nitrogens is 3. The van der Waals surface area contributed by atoms with Gasteiger partial charge in [-0.1, -0.05) is 18.2 Å². The fourth-order valence-corrected chi connectivity index (χ4v) is 6.02. The van der Waals surface area contributed by atoms with Gasteiger partial charge in [-0.05, 0) is 36.1 Å². The molecule has 1 atom stereocenters. The lowest BCUT2D eigenvalue weighted by molar-refractivity contribution is -0.135. The van der Waals surface area contributed by atoms with Gasteiger partial charge in [0.05, 0.1) is 28.6 Å². The van der Waals surface area contributed by atoms with Gasteiger partial charge in [0.1, 0.15) is 11.7 Å². The van der Waals surface area contributed by atoms with Gasteiger partial charge in [-0.3, -0.25) is 24.1 Å². The number of likely N-dealkylation sites (tertiary alicyclic amines) is 1. The average molecular weight is 528 g/mol. The number of pyridine rings is 1. The molecule has 39 heavy (non-hydrogen) atoms. The molecule has 7 rings (SSSR count). The summed E-state index contributed by atoms with van der Waals surface area (Å²) in [5, 5.41) is 6.21. The highest BCUT2D eigenvalue weighted by Gasteiger charge is 2.36. The first-order chi connectivity index (χ1) is 18.9. The molecule has 0 saturated carbocycles. The zero-order valence-corrected chi connectivity index (χ0v) is 21.0. The van der Waals surface area contributed by atoms with Gasteiger partial charge < -0.3 is 20.5 Å². The third-order valence-corrected chi connectivity index (χ3v) is 8.02. The maximum atomic E-state index is 15.5. The van der Waals surface area contributed by atoms with Crippen molar-refractivity contribution in [2.45, 2.75) is 38.0 Å².